The summed E-state index contributed by atoms with van der Waals surface area (Å²) in [5.41, 5.74) is 5.76. The zero-order valence-electron chi connectivity index (χ0n) is 20.7. The van der Waals surface area contributed by atoms with Crippen LogP contribution in [0.25, 0.3) is 0 Å². The van der Waals surface area contributed by atoms with Gasteiger partial charge in [0.2, 0.25) is 11.8 Å². The van der Waals surface area contributed by atoms with Gasteiger partial charge in [0.1, 0.15) is 17.9 Å². The van der Waals surface area contributed by atoms with Gasteiger partial charge >= 0.3 is 0 Å². The second-order valence-corrected chi connectivity index (χ2v) is 10.7. The van der Waals surface area contributed by atoms with Crippen LogP contribution in [0.3, 0.4) is 0 Å². The molecule has 1 aromatic rings. The molecule has 4 atom stereocenters. The Kier molecular flexibility index (Phi) is 8.43. The van der Waals surface area contributed by atoms with E-state index in [-0.39, 0.29) is 47.1 Å². The first-order valence-electron chi connectivity index (χ1n) is 12.0. The number of ether oxygens (including phenoxy) is 1. The Morgan fingerprint density at radius 3 is 2.60 bits per heavy atom. The predicted octanol–water partition coefficient (Wildman–Crippen LogP) is 2.31. The fourth-order valence-corrected chi connectivity index (χ4v) is 4.82. The molecule has 0 radical (unpaired) electrons. The topological polar surface area (TPSA) is 131 Å². The van der Waals surface area contributed by atoms with E-state index in [0.29, 0.717) is 31.7 Å². The standard InChI is InChI=1S/C25H35ClN4O5/c1-5-35-20-13-15(31)12-18(20)28-23(33)19-7-6-10-30(19)24(34)21(25(2,3)4)29-22(32)14-8-9-17(27)16(26)11-14/h8-9,11,18-21H,5-7,10,12-13,27H2,1-4H3,(H,28,33)(H,29,32)/t18-,19-,20+,21+/m0/s1. The Labute approximate surface area is 211 Å². The lowest BCUT2D eigenvalue weighted by Gasteiger charge is -2.35. The molecule has 0 bridgehead atoms. The van der Waals surface area contributed by atoms with Crippen molar-refractivity contribution in [2.24, 2.45) is 5.41 Å². The van der Waals surface area contributed by atoms with E-state index in [9.17, 15) is 19.2 Å². The van der Waals surface area contributed by atoms with Gasteiger partial charge in [-0.2, -0.15) is 0 Å². The lowest BCUT2D eigenvalue weighted by Crippen LogP contribution is -2.58. The van der Waals surface area contributed by atoms with Gasteiger partial charge in [0.25, 0.3) is 5.91 Å². The van der Waals surface area contributed by atoms with E-state index in [1.165, 1.54) is 17.0 Å². The highest BCUT2D eigenvalue weighted by molar-refractivity contribution is 6.33. The number of Topliss-reactive ketones (excluding diaryl/α,β-unsaturated/α-hetero) is 1. The molecule has 3 amide bonds. The number of anilines is 1. The fourth-order valence-electron chi connectivity index (χ4n) is 4.64. The number of halogens is 1. The first kappa shape index (κ1) is 26.9. The first-order valence-corrected chi connectivity index (χ1v) is 12.4. The molecule has 10 heteroatoms. The number of nitrogen functional groups attached to an aromatic ring is 1. The van der Waals surface area contributed by atoms with Gasteiger partial charge in [-0.05, 0) is 43.4 Å². The number of rotatable bonds is 7. The molecule has 2 fully saturated rings. The van der Waals surface area contributed by atoms with E-state index < -0.39 is 29.4 Å². The minimum absolute atomic E-state index is 0.0476. The maximum absolute atomic E-state index is 13.7. The van der Waals surface area contributed by atoms with Gasteiger partial charge in [0.15, 0.2) is 0 Å². The van der Waals surface area contributed by atoms with Gasteiger partial charge in [-0.3, -0.25) is 19.2 Å². The zero-order chi connectivity index (χ0) is 25.9. The summed E-state index contributed by atoms with van der Waals surface area (Å²) >= 11 is 6.06. The van der Waals surface area contributed by atoms with Crippen LogP contribution < -0.4 is 16.4 Å². The average Bonchev–Trinajstić information content (AvgIpc) is 3.39. The van der Waals surface area contributed by atoms with E-state index in [0.717, 1.165) is 0 Å². The number of carbonyl (C=O) groups is 4. The number of likely N-dealkylation sites (tertiary alicyclic amines) is 1. The molecule has 1 aliphatic heterocycles. The van der Waals surface area contributed by atoms with Crippen LogP contribution in [0.1, 0.15) is 63.7 Å². The lowest BCUT2D eigenvalue weighted by molar-refractivity contribution is -0.142. The van der Waals surface area contributed by atoms with Crippen molar-refractivity contribution in [3.8, 4) is 0 Å². The Bertz CT molecular complexity index is 993. The summed E-state index contributed by atoms with van der Waals surface area (Å²) in [6, 6.07) is 2.60. The number of nitrogens with two attached hydrogens (primary N) is 1. The van der Waals surface area contributed by atoms with Crippen LogP contribution in [0.2, 0.25) is 5.02 Å². The monoisotopic (exact) mass is 506 g/mol. The molecule has 35 heavy (non-hydrogen) atoms. The van der Waals surface area contributed by atoms with Gasteiger partial charge in [0, 0.05) is 31.6 Å². The van der Waals surface area contributed by atoms with Gasteiger partial charge < -0.3 is 26.0 Å². The van der Waals surface area contributed by atoms with Crippen LogP contribution in [-0.2, 0) is 19.1 Å². The number of hydrogen-bond donors (Lipinski definition) is 3. The predicted molar refractivity (Wildman–Crippen MR) is 133 cm³/mol. The van der Waals surface area contributed by atoms with Crippen LogP contribution in [0, 0.1) is 5.41 Å². The highest BCUT2D eigenvalue weighted by Gasteiger charge is 2.43. The van der Waals surface area contributed by atoms with Crippen molar-refractivity contribution in [3.05, 3.63) is 28.8 Å². The second-order valence-electron chi connectivity index (χ2n) is 10.3. The van der Waals surface area contributed by atoms with Crippen molar-refractivity contribution >= 4 is 40.8 Å². The number of nitrogens with one attached hydrogen (secondary N) is 2. The molecule has 1 aromatic carbocycles. The Balaban J connectivity index is 1.74. The van der Waals surface area contributed by atoms with E-state index >= 15 is 0 Å². The Morgan fingerprint density at radius 2 is 1.97 bits per heavy atom. The number of nitrogens with zero attached hydrogens (tertiary/aromatic N) is 1. The van der Waals surface area contributed by atoms with Crippen molar-refractivity contribution in [3.63, 3.8) is 0 Å². The Morgan fingerprint density at radius 1 is 1.26 bits per heavy atom. The molecule has 0 unspecified atom stereocenters. The molecule has 1 heterocycles. The Hall–Kier alpha value is -2.65. The molecule has 9 nitrogen and oxygen atoms in total. The fraction of sp³-hybridized carbons (Fsp3) is 0.600. The molecule has 1 saturated heterocycles. The van der Waals surface area contributed by atoms with Crippen LogP contribution >= 0.6 is 11.6 Å². The van der Waals surface area contributed by atoms with E-state index in [1.807, 2.05) is 27.7 Å². The SMILES string of the molecule is CCO[C@@H]1CC(=O)C[C@@H]1NC(=O)[C@@H]1CCCN1C(=O)[C@@H](NC(=O)c1ccc(N)c(Cl)c1)C(C)(C)C. The van der Waals surface area contributed by atoms with Crippen molar-refractivity contribution < 1.29 is 23.9 Å². The summed E-state index contributed by atoms with van der Waals surface area (Å²) in [5.74, 6) is -1.03. The summed E-state index contributed by atoms with van der Waals surface area (Å²) in [4.78, 5) is 53.2. The maximum atomic E-state index is 13.7. The molecular weight excluding hydrogens is 472 g/mol. The zero-order valence-corrected chi connectivity index (χ0v) is 21.5. The van der Waals surface area contributed by atoms with Gasteiger partial charge in [-0.1, -0.05) is 32.4 Å². The quantitative estimate of drug-likeness (QED) is 0.486. The summed E-state index contributed by atoms with van der Waals surface area (Å²) in [5, 5.41) is 6.02. The summed E-state index contributed by atoms with van der Waals surface area (Å²) in [6.07, 6.45) is 1.33. The number of ketones is 1. The van der Waals surface area contributed by atoms with Crippen molar-refractivity contribution in [2.75, 3.05) is 18.9 Å². The van der Waals surface area contributed by atoms with Gasteiger partial charge in [-0.25, -0.2) is 0 Å². The number of hydrogen-bond acceptors (Lipinski definition) is 6. The first-order chi connectivity index (χ1) is 16.4. The normalized spacial score (nSPS) is 23.3. The summed E-state index contributed by atoms with van der Waals surface area (Å²) < 4.78 is 5.63. The molecule has 0 aromatic heterocycles. The van der Waals surface area contributed by atoms with E-state index in [4.69, 9.17) is 22.1 Å². The smallest absolute Gasteiger partial charge is 0.252 e. The van der Waals surface area contributed by atoms with E-state index in [2.05, 4.69) is 10.6 Å². The lowest BCUT2D eigenvalue weighted by atomic mass is 9.85. The number of amides is 3. The van der Waals surface area contributed by atoms with E-state index in [1.54, 1.807) is 6.07 Å². The molecule has 1 aliphatic carbocycles. The highest BCUT2D eigenvalue weighted by atomic mass is 35.5. The van der Waals surface area contributed by atoms with Gasteiger partial charge in [0.05, 0.1) is 22.9 Å². The van der Waals surface area contributed by atoms with Crippen LogP contribution in [0.15, 0.2) is 18.2 Å². The van der Waals surface area contributed by atoms with Crippen LogP contribution in [0.4, 0.5) is 5.69 Å². The van der Waals surface area contributed by atoms with Crippen molar-refractivity contribution in [2.45, 2.75) is 77.6 Å². The number of carbonyl (C=O) groups excluding carboxylic acids is 4. The third kappa shape index (κ3) is 6.32. The minimum atomic E-state index is -0.871. The highest BCUT2D eigenvalue weighted by Crippen LogP contribution is 2.28. The van der Waals surface area contributed by atoms with Crippen LogP contribution in [-0.4, -0.2) is 65.8 Å². The second kappa shape index (κ2) is 11.0. The molecule has 0 spiro atoms. The molecule has 192 valence electrons. The largest absolute Gasteiger partial charge is 0.398 e. The third-order valence-electron chi connectivity index (χ3n) is 6.52. The number of benzene rings is 1. The third-order valence-corrected chi connectivity index (χ3v) is 6.85. The molecule has 3 rings (SSSR count). The molecule has 4 N–H and O–H groups in total. The molecular formula is C25H35ClN4O5. The van der Waals surface area contributed by atoms with Gasteiger partial charge in [-0.15, -0.1) is 0 Å². The minimum Gasteiger partial charge on any atom is -0.398 e. The van der Waals surface area contributed by atoms with Crippen molar-refractivity contribution in [1.29, 1.82) is 0 Å². The van der Waals surface area contributed by atoms with Crippen molar-refractivity contribution in [1.82, 2.24) is 15.5 Å². The molecule has 1 saturated carbocycles. The molecule has 2 aliphatic rings. The summed E-state index contributed by atoms with van der Waals surface area (Å²) in [6.45, 7) is 8.27. The average molecular weight is 507 g/mol. The van der Waals surface area contributed by atoms with Crippen LogP contribution in [0.5, 0.6) is 0 Å². The maximum Gasteiger partial charge on any atom is 0.252 e. The summed E-state index contributed by atoms with van der Waals surface area (Å²) in [7, 11) is 0.